The molecule has 0 aliphatic heterocycles. The first-order valence-corrected chi connectivity index (χ1v) is 5.33. The summed E-state index contributed by atoms with van der Waals surface area (Å²) in [5.41, 5.74) is 0.565. The summed E-state index contributed by atoms with van der Waals surface area (Å²) >= 11 is 0. The summed E-state index contributed by atoms with van der Waals surface area (Å²) in [5.74, 6) is -0.523. The van der Waals surface area contributed by atoms with Gasteiger partial charge in [-0.2, -0.15) is 5.26 Å². The smallest absolute Gasteiger partial charge is 0.310 e. The highest BCUT2D eigenvalue weighted by atomic mass is 16.6. The van der Waals surface area contributed by atoms with Gasteiger partial charge in [-0.15, -0.1) is 0 Å². The molecule has 0 aliphatic carbocycles. The third-order valence-corrected chi connectivity index (χ3v) is 2.46. The van der Waals surface area contributed by atoms with Gasteiger partial charge in [0, 0.05) is 11.1 Å². The highest BCUT2D eigenvalue weighted by Crippen LogP contribution is 2.26. The van der Waals surface area contributed by atoms with Crippen molar-refractivity contribution in [1.29, 1.82) is 5.26 Å². The van der Waals surface area contributed by atoms with E-state index in [-0.39, 0.29) is 35.4 Å². The van der Waals surface area contributed by atoms with E-state index in [9.17, 15) is 14.9 Å². The molecule has 0 heterocycles. The Morgan fingerprint density at radius 1 is 1.56 bits per heavy atom. The van der Waals surface area contributed by atoms with Gasteiger partial charge in [0.2, 0.25) is 0 Å². The molecular weight excluding hydrogens is 236 g/mol. The average Bonchev–Trinajstić information content (AvgIpc) is 2.29. The van der Waals surface area contributed by atoms with Crippen LogP contribution in [0.4, 0.5) is 5.69 Å². The normalized spacial score (nSPS) is 9.61. The molecule has 0 unspecified atom stereocenters. The summed E-state index contributed by atoms with van der Waals surface area (Å²) in [6, 6.07) is 4.76. The molecule has 0 amide bonds. The lowest BCUT2D eigenvalue weighted by atomic mass is 10.0. The topological polar surface area (TPSA) is 93.2 Å². The standard InChI is InChI=1S/C12H12N2O4/c1-3-18-11(15)6-9-4-5-10(7-13)8(2)12(9)14(16)17/h4-5H,3,6H2,1-2H3. The molecule has 0 radical (unpaired) electrons. The molecule has 0 aromatic heterocycles. The fourth-order valence-electron chi connectivity index (χ4n) is 1.64. The van der Waals surface area contributed by atoms with Crippen molar-refractivity contribution in [3.05, 3.63) is 38.9 Å². The number of nitrogens with zero attached hydrogens (tertiary/aromatic N) is 2. The molecule has 94 valence electrons. The molecule has 1 aromatic carbocycles. The minimum Gasteiger partial charge on any atom is -0.466 e. The van der Waals surface area contributed by atoms with Crippen LogP contribution in [0.3, 0.4) is 0 Å². The number of carbonyl (C=O) groups is 1. The number of nitro benzene ring substituents is 1. The van der Waals surface area contributed by atoms with Gasteiger partial charge in [0.05, 0.1) is 29.6 Å². The molecular formula is C12H12N2O4. The van der Waals surface area contributed by atoms with E-state index in [1.807, 2.05) is 6.07 Å². The largest absolute Gasteiger partial charge is 0.466 e. The van der Waals surface area contributed by atoms with Crippen LogP contribution in [0.1, 0.15) is 23.6 Å². The molecule has 0 atom stereocenters. The molecule has 0 saturated carbocycles. The van der Waals surface area contributed by atoms with E-state index in [1.54, 1.807) is 6.92 Å². The van der Waals surface area contributed by atoms with Gasteiger partial charge in [-0.05, 0) is 19.9 Å². The summed E-state index contributed by atoms with van der Waals surface area (Å²) in [6.45, 7) is 3.38. The maximum atomic E-state index is 11.3. The van der Waals surface area contributed by atoms with E-state index < -0.39 is 10.9 Å². The van der Waals surface area contributed by atoms with Crippen LogP contribution in [0.25, 0.3) is 0 Å². The van der Waals surface area contributed by atoms with E-state index >= 15 is 0 Å². The molecule has 1 rings (SSSR count). The van der Waals surface area contributed by atoms with Crippen molar-refractivity contribution >= 4 is 11.7 Å². The lowest BCUT2D eigenvalue weighted by Crippen LogP contribution is -2.10. The van der Waals surface area contributed by atoms with E-state index in [0.29, 0.717) is 0 Å². The number of hydrogen-bond donors (Lipinski definition) is 0. The number of rotatable bonds is 4. The van der Waals surface area contributed by atoms with Crippen LogP contribution in [0.5, 0.6) is 0 Å². The van der Waals surface area contributed by atoms with Gasteiger partial charge in [-0.3, -0.25) is 14.9 Å². The zero-order chi connectivity index (χ0) is 13.7. The summed E-state index contributed by atoms with van der Waals surface area (Å²) in [7, 11) is 0. The number of nitriles is 1. The summed E-state index contributed by atoms with van der Waals surface area (Å²) in [5, 5.41) is 19.8. The average molecular weight is 248 g/mol. The second kappa shape index (κ2) is 5.77. The van der Waals surface area contributed by atoms with Crippen LogP contribution in [-0.4, -0.2) is 17.5 Å². The Morgan fingerprint density at radius 3 is 2.72 bits per heavy atom. The van der Waals surface area contributed by atoms with Crippen molar-refractivity contribution < 1.29 is 14.5 Å². The van der Waals surface area contributed by atoms with Gasteiger partial charge in [0.25, 0.3) is 5.69 Å². The molecule has 0 spiro atoms. The monoisotopic (exact) mass is 248 g/mol. The molecule has 0 fully saturated rings. The Morgan fingerprint density at radius 2 is 2.22 bits per heavy atom. The Kier molecular flexibility index (Phi) is 4.38. The maximum Gasteiger partial charge on any atom is 0.310 e. The van der Waals surface area contributed by atoms with Crippen LogP contribution in [-0.2, 0) is 16.0 Å². The molecule has 0 bridgehead atoms. The molecule has 1 aromatic rings. The fourth-order valence-corrected chi connectivity index (χ4v) is 1.64. The van der Waals surface area contributed by atoms with E-state index in [4.69, 9.17) is 10.00 Å². The van der Waals surface area contributed by atoms with E-state index in [2.05, 4.69) is 0 Å². The zero-order valence-electron chi connectivity index (χ0n) is 10.1. The van der Waals surface area contributed by atoms with Gasteiger partial charge in [0.1, 0.15) is 0 Å². The summed E-state index contributed by atoms with van der Waals surface area (Å²) in [4.78, 5) is 21.8. The van der Waals surface area contributed by atoms with E-state index in [1.165, 1.54) is 19.1 Å². The molecule has 0 saturated heterocycles. The highest BCUT2D eigenvalue weighted by Gasteiger charge is 2.22. The Hall–Kier alpha value is -2.42. The van der Waals surface area contributed by atoms with Crippen molar-refractivity contribution in [2.24, 2.45) is 0 Å². The Labute approximate surface area is 104 Å². The lowest BCUT2D eigenvalue weighted by molar-refractivity contribution is -0.386. The third-order valence-electron chi connectivity index (χ3n) is 2.46. The first-order valence-electron chi connectivity index (χ1n) is 5.33. The van der Waals surface area contributed by atoms with Gasteiger partial charge in [-0.1, -0.05) is 6.07 Å². The van der Waals surface area contributed by atoms with E-state index in [0.717, 1.165) is 0 Å². The zero-order valence-corrected chi connectivity index (χ0v) is 10.1. The van der Waals surface area contributed by atoms with Crippen molar-refractivity contribution in [3.63, 3.8) is 0 Å². The quantitative estimate of drug-likeness (QED) is 0.460. The van der Waals surface area contributed by atoms with Crippen molar-refractivity contribution in [3.8, 4) is 6.07 Å². The van der Waals surface area contributed by atoms with Crippen LogP contribution in [0, 0.1) is 28.4 Å². The maximum absolute atomic E-state index is 11.3. The number of nitro groups is 1. The fraction of sp³-hybridized carbons (Fsp3) is 0.333. The predicted octanol–water partition coefficient (Wildman–Crippen LogP) is 1.88. The Bertz CT molecular complexity index is 532. The number of hydrogen-bond acceptors (Lipinski definition) is 5. The first kappa shape index (κ1) is 13.6. The van der Waals surface area contributed by atoms with Gasteiger partial charge >= 0.3 is 5.97 Å². The minimum absolute atomic E-state index is 0.170. The second-order valence-electron chi connectivity index (χ2n) is 3.60. The van der Waals surface area contributed by atoms with Crippen molar-refractivity contribution in [2.75, 3.05) is 6.61 Å². The Balaban J connectivity index is 3.21. The predicted molar refractivity (Wildman–Crippen MR) is 62.9 cm³/mol. The molecule has 6 heteroatoms. The molecule has 18 heavy (non-hydrogen) atoms. The van der Waals surface area contributed by atoms with Crippen LogP contribution >= 0.6 is 0 Å². The van der Waals surface area contributed by atoms with Gasteiger partial charge in [0.15, 0.2) is 0 Å². The summed E-state index contributed by atoms with van der Waals surface area (Å²) in [6.07, 6.45) is -0.170. The highest BCUT2D eigenvalue weighted by molar-refractivity contribution is 5.75. The molecule has 0 N–H and O–H groups in total. The number of benzene rings is 1. The number of ether oxygens (including phenoxy) is 1. The van der Waals surface area contributed by atoms with Crippen LogP contribution in [0.15, 0.2) is 12.1 Å². The van der Waals surface area contributed by atoms with Crippen LogP contribution in [0.2, 0.25) is 0 Å². The van der Waals surface area contributed by atoms with Crippen molar-refractivity contribution in [1.82, 2.24) is 0 Å². The second-order valence-corrected chi connectivity index (χ2v) is 3.60. The van der Waals surface area contributed by atoms with Crippen molar-refractivity contribution in [2.45, 2.75) is 20.3 Å². The van der Waals surface area contributed by atoms with Gasteiger partial charge in [-0.25, -0.2) is 0 Å². The molecule has 0 aliphatic rings. The SMILES string of the molecule is CCOC(=O)Cc1ccc(C#N)c(C)c1[N+](=O)[O-]. The van der Waals surface area contributed by atoms with Crippen LogP contribution < -0.4 is 0 Å². The molecule has 6 nitrogen and oxygen atoms in total. The minimum atomic E-state index is -0.579. The number of esters is 1. The first-order chi connectivity index (χ1) is 8.51. The van der Waals surface area contributed by atoms with Gasteiger partial charge < -0.3 is 4.74 Å². The third kappa shape index (κ3) is 2.83. The lowest BCUT2D eigenvalue weighted by Gasteiger charge is -2.06. The summed E-state index contributed by atoms with van der Waals surface area (Å²) < 4.78 is 4.75. The number of carbonyl (C=O) groups excluding carboxylic acids is 1.